The number of anilines is 1. The summed E-state index contributed by atoms with van der Waals surface area (Å²) in [7, 11) is 1.82. The van der Waals surface area contributed by atoms with Gasteiger partial charge in [-0.25, -0.2) is 4.98 Å². The fraction of sp³-hybridized carbons (Fsp3) is 0.350. The number of benzene rings is 1. The van der Waals surface area contributed by atoms with Crippen molar-refractivity contribution in [1.82, 2.24) is 25.1 Å². The van der Waals surface area contributed by atoms with E-state index in [9.17, 15) is 9.59 Å². The molecule has 0 aliphatic carbocycles. The highest BCUT2D eigenvalue weighted by Gasteiger charge is 2.26. The van der Waals surface area contributed by atoms with Crippen LogP contribution in [0.5, 0.6) is 11.5 Å². The van der Waals surface area contributed by atoms with Crippen molar-refractivity contribution in [2.24, 2.45) is 13.0 Å². The summed E-state index contributed by atoms with van der Waals surface area (Å²) in [6.45, 7) is 4.14. The van der Waals surface area contributed by atoms with Gasteiger partial charge in [0.05, 0.1) is 11.8 Å². The fourth-order valence-corrected chi connectivity index (χ4v) is 4.35. The van der Waals surface area contributed by atoms with Gasteiger partial charge in [-0.2, -0.15) is 0 Å². The van der Waals surface area contributed by atoms with Crippen molar-refractivity contribution in [2.45, 2.75) is 25.0 Å². The molecule has 1 aromatic carbocycles. The van der Waals surface area contributed by atoms with Crippen LogP contribution in [0, 0.1) is 5.92 Å². The second-order valence-electron chi connectivity index (χ2n) is 7.34. The largest absolute Gasteiger partial charge is 0.454 e. The summed E-state index contributed by atoms with van der Waals surface area (Å²) >= 11 is 2.62. The van der Waals surface area contributed by atoms with Gasteiger partial charge in [0.25, 0.3) is 5.91 Å². The number of fused-ring (bicyclic) bond motifs is 1. The van der Waals surface area contributed by atoms with Gasteiger partial charge in [0.1, 0.15) is 0 Å². The number of carbonyl (C=O) groups excluding carboxylic acids is 2. The first-order valence-corrected chi connectivity index (χ1v) is 11.7. The molecule has 2 N–H and O–H groups in total. The Labute approximate surface area is 192 Å². The quantitative estimate of drug-likeness (QED) is 0.478. The molecule has 0 bridgehead atoms. The number of nitrogens with zero attached hydrogens (tertiary/aromatic N) is 4. The van der Waals surface area contributed by atoms with E-state index in [4.69, 9.17) is 9.47 Å². The molecular weight excluding hydrogens is 452 g/mol. The molecule has 12 heteroatoms. The van der Waals surface area contributed by atoms with Gasteiger partial charge in [0.2, 0.25) is 12.7 Å². The third kappa shape index (κ3) is 4.86. The molecule has 10 nitrogen and oxygen atoms in total. The molecule has 1 aliphatic rings. The Morgan fingerprint density at radius 1 is 1.25 bits per heavy atom. The highest BCUT2D eigenvalue weighted by Crippen LogP contribution is 2.33. The van der Waals surface area contributed by atoms with Crippen molar-refractivity contribution in [1.29, 1.82) is 0 Å². The van der Waals surface area contributed by atoms with Crippen molar-refractivity contribution in [2.75, 3.05) is 17.9 Å². The van der Waals surface area contributed by atoms with Crippen molar-refractivity contribution in [3.63, 3.8) is 0 Å². The Hall–Kier alpha value is -3.12. The summed E-state index contributed by atoms with van der Waals surface area (Å²) in [5.74, 6) is 1.58. The van der Waals surface area contributed by atoms with Gasteiger partial charge in [-0.15, -0.1) is 21.5 Å². The molecule has 3 aromatic rings. The molecule has 0 unspecified atom stereocenters. The first kappa shape index (κ1) is 22.1. The zero-order chi connectivity index (χ0) is 22.7. The van der Waals surface area contributed by atoms with Gasteiger partial charge in [-0.05, 0) is 24.1 Å². The third-order valence-corrected chi connectivity index (χ3v) is 6.45. The summed E-state index contributed by atoms with van der Waals surface area (Å²) in [6, 6.07) is 4.70. The van der Waals surface area contributed by atoms with Gasteiger partial charge in [-0.1, -0.05) is 25.6 Å². The van der Waals surface area contributed by atoms with Crippen LogP contribution in [0.15, 0.2) is 34.9 Å². The Morgan fingerprint density at radius 3 is 2.81 bits per heavy atom. The van der Waals surface area contributed by atoms with Crippen molar-refractivity contribution < 1.29 is 19.1 Å². The van der Waals surface area contributed by atoms with Crippen LogP contribution in [0.4, 0.5) is 5.13 Å². The van der Waals surface area contributed by atoms with Crippen LogP contribution in [0.25, 0.3) is 0 Å². The molecule has 1 atom stereocenters. The van der Waals surface area contributed by atoms with E-state index in [0.29, 0.717) is 33.2 Å². The molecule has 4 rings (SSSR count). The summed E-state index contributed by atoms with van der Waals surface area (Å²) in [4.78, 5) is 29.1. The third-order valence-electron chi connectivity index (χ3n) is 4.75. The normalized spacial score (nSPS) is 13.2. The van der Waals surface area contributed by atoms with E-state index < -0.39 is 0 Å². The van der Waals surface area contributed by atoms with Crippen LogP contribution < -0.4 is 20.1 Å². The molecular formula is C20H22N6O4S2. The predicted molar refractivity (Wildman–Crippen MR) is 120 cm³/mol. The maximum atomic E-state index is 12.9. The van der Waals surface area contributed by atoms with E-state index in [1.54, 1.807) is 34.3 Å². The molecule has 2 aromatic heterocycles. The van der Waals surface area contributed by atoms with E-state index in [-0.39, 0.29) is 36.3 Å². The van der Waals surface area contributed by atoms with Gasteiger partial charge in [0.15, 0.2) is 27.6 Å². The van der Waals surface area contributed by atoms with Crippen LogP contribution in [0.1, 0.15) is 36.1 Å². The Bertz CT molecular complexity index is 1120. The number of rotatable bonds is 8. The fourth-order valence-electron chi connectivity index (χ4n) is 3.09. The molecule has 1 aliphatic heterocycles. The molecule has 2 amide bonds. The van der Waals surface area contributed by atoms with E-state index in [2.05, 4.69) is 25.8 Å². The Kier molecular flexibility index (Phi) is 6.61. The Morgan fingerprint density at radius 2 is 2.06 bits per heavy atom. The van der Waals surface area contributed by atoms with Gasteiger partial charge >= 0.3 is 0 Å². The highest BCUT2D eigenvalue weighted by atomic mass is 32.2. The van der Waals surface area contributed by atoms with Gasteiger partial charge in [-0.3, -0.25) is 9.59 Å². The maximum Gasteiger partial charge on any atom is 0.252 e. The summed E-state index contributed by atoms with van der Waals surface area (Å²) in [6.07, 6.45) is 1.63. The molecule has 0 saturated heterocycles. The smallest absolute Gasteiger partial charge is 0.252 e. The molecule has 0 radical (unpaired) electrons. The lowest BCUT2D eigenvalue weighted by atomic mass is 10.0. The molecule has 168 valence electrons. The number of amides is 2. The molecule has 3 heterocycles. The zero-order valence-corrected chi connectivity index (χ0v) is 19.3. The zero-order valence-electron chi connectivity index (χ0n) is 17.7. The van der Waals surface area contributed by atoms with E-state index in [1.165, 1.54) is 23.1 Å². The summed E-state index contributed by atoms with van der Waals surface area (Å²) in [5.41, 5.74) is 0.468. The average molecular weight is 475 g/mol. The number of thiazole rings is 1. The number of ether oxygens (including phenoxy) is 2. The predicted octanol–water partition coefficient (Wildman–Crippen LogP) is 2.86. The lowest BCUT2D eigenvalue weighted by Crippen LogP contribution is -2.33. The standard InChI is InChI=1S/C20H22N6O4S2/c1-11(2)16(23-18(28)12-4-5-13-14(8-12)30-10-29-13)17-24-25-20(26(17)3)32-9-15(27)22-19-21-6-7-31-19/h4-8,11,16H,9-10H2,1-3H3,(H,23,28)(H,21,22,27)/t16-/m1/s1. The topological polar surface area (TPSA) is 120 Å². The molecule has 0 saturated carbocycles. The number of nitrogens with one attached hydrogen (secondary N) is 2. The first-order chi connectivity index (χ1) is 15.4. The molecule has 0 fully saturated rings. The summed E-state index contributed by atoms with van der Waals surface area (Å²) in [5, 5.41) is 17.2. The minimum atomic E-state index is -0.371. The van der Waals surface area contributed by atoms with Crippen LogP contribution in [-0.4, -0.2) is 44.1 Å². The van der Waals surface area contributed by atoms with Crippen molar-refractivity contribution in [3.05, 3.63) is 41.2 Å². The monoisotopic (exact) mass is 474 g/mol. The average Bonchev–Trinajstić information content (AvgIpc) is 3.51. The second-order valence-corrected chi connectivity index (χ2v) is 9.17. The van der Waals surface area contributed by atoms with E-state index in [1.807, 2.05) is 20.9 Å². The van der Waals surface area contributed by atoms with Crippen LogP contribution in [0.2, 0.25) is 0 Å². The van der Waals surface area contributed by atoms with Crippen LogP contribution in [0.3, 0.4) is 0 Å². The lowest BCUT2D eigenvalue weighted by Gasteiger charge is -2.21. The van der Waals surface area contributed by atoms with E-state index >= 15 is 0 Å². The van der Waals surface area contributed by atoms with Crippen LogP contribution in [-0.2, 0) is 11.8 Å². The summed E-state index contributed by atoms with van der Waals surface area (Å²) < 4.78 is 12.5. The van der Waals surface area contributed by atoms with Crippen molar-refractivity contribution in [3.8, 4) is 11.5 Å². The Balaban J connectivity index is 1.42. The minimum Gasteiger partial charge on any atom is -0.454 e. The SMILES string of the molecule is CC(C)[C@@H](NC(=O)c1ccc2c(c1)OCO2)c1nnc(SCC(=O)Nc2nccs2)n1C. The molecule has 32 heavy (non-hydrogen) atoms. The van der Waals surface area contributed by atoms with Crippen molar-refractivity contribution >= 4 is 40.0 Å². The lowest BCUT2D eigenvalue weighted by molar-refractivity contribution is -0.113. The van der Waals surface area contributed by atoms with Gasteiger partial charge in [0, 0.05) is 24.2 Å². The minimum absolute atomic E-state index is 0.0573. The highest BCUT2D eigenvalue weighted by molar-refractivity contribution is 7.99. The first-order valence-electron chi connectivity index (χ1n) is 9.84. The maximum absolute atomic E-state index is 12.9. The molecule has 0 spiro atoms. The second kappa shape index (κ2) is 9.57. The van der Waals surface area contributed by atoms with E-state index in [0.717, 1.165) is 0 Å². The number of thioether (sulfide) groups is 1. The number of carbonyl (C=O) groups is 2. The number of hydrogen-bond donors (Lipinski definition) is 2. The van der Waals surface area contributed by atoms with Gasteiger partial charge < -0.3 is 24.7 Å². The van der Waals surface area contributed by atoms with Crippen LogP contribution >= 0.6 is 23.1 Å². The number of hydrogen-bond acceptors (Lipinski definition) is 9. The number of aromatic nitrogens is 4.